The predicted octanol–water partition coefficient (Wildman–Crippen LogP) is 1.45. The normalized spacial score (nSPS) is 11.0. The number of halogens is 2. The minimum Gasteiger partial charge on any atom is -0.465 e. The van der Waals surface area contributed by atoms with Gasteiger partial charge >= 0.3 is 5.97 Å². The maximum Gasteiger partial charge on any atom is 0.343 e. The second-order valence-corrected chi connectivity index (χ2v) is 2.97. The largest absolute Gasteiger partial charge is 0.465 e. The van der Waals surface area contributed by atoms with Gasteiger partial charge in [0.2, 0.25) is 0 Å². The van der Waals surface area contributed by atoms with Crippen molar-refractivity contribution < 1.29 is 18.3 Å². The quantitative estimate of drug-likeness (QED) is 0.728. The van der Waals surface area contributed by atoms with Crippen molar-refractivity contribution in [2.75, 3.05) is 7.11 Å². The maximum absolute atomic E-state index is 12.4. The molecule has 0 saturated heterocycles. The van der Waals surface area contributed by atoms with Crippen LogP contribution in [-0.4, -0.2) is 27.7 Å². The lowest BCUT2D eigenvalue weighted by Crippen LogP contribution is -2.03. The number of rotatable bonds is 2. The van der Waals surface area contributed by atoms with Crippen molar-refractivity contribution in [1.82, 2.24) is 14.6 Å². The molecule has 2 heterocycles. The van der Waals surface area contributed by atoms with Gasteiger partial charge in [-0.15, -0.1) is 0 Å². The monoisotopic (exact) mass is 227 g/mol. The van der Waals surface area contributed by atoms with Crippen molar-refractivity contribution in [2.45, 2.75) is 6.43 Å². The minimum atomic E-state index is -2.69. The third-order valence-corrected chi connectivity index (χ3v) is 2.02. The van der Waals surface area contributed by atoms with Crippen LogP contribution < -0.4 is 0 Å². The van der Waals surface area contributed by atoms with E-state index in [2.05, 4.69) is 14.8 Å². The molecule has 5 nitrogen and oxygen atoms in total. The Labute approximate surface area is 88.7 Å². The molecule has 0 aromatic carbocycles. The lowest BCUT2D eigenvalue weighted by molar-refractivity contribution is 0.0602. The lowest BCUT2D eigenvalue weighted by atomic mass is 10.3. The Kier molecular flexibility index (Phi) is 2.51. The van der Waals surface area contributed by atoms with Gasteiger partial charge in [0.25, 0.3) is 6.43 Å². The van der Waals surface area contributed by atoms with Crippen molar-refractivity contribution in [2.24, 2.45) is 0 Å². The standard InChI is InChI=1S/C9H7F2N3O2/c1-16-9(15)5-4-12-14-3-2-6(7(10)11)13-8(5)14/h2-4,7H,1H3. The summed E-state index contributed by atoms with van der Waals surface area (Å²) in [5.74, 6) is -0.658. The second kappa shape index (κ2) is 3.84. The summed E-state index contributed by atoms with van der Waals surface area (Å²) < 4.78 is 30.5. The average Bonchev–Trinajstić information content (AvgIpc) is 2.70. The summed E-state index contributed by atoms with van der Waals surface area (Å²) >= 11 is 0. The molecule has 0 amide bonds. The summed E-state index contributed by atoms with van der Waals surface area (Å²) in [4.78, 5) is 14.9. The second-order valence-electron chi connectivity index (χ2n) is 2.97. The molecule has 0 saturated carbocycles. The van der Waals surface area contributed by atoms with Gasteiger partial charge in [0, 0.05) is 6.20 Å². The van der Waals surface area contributed by atoms with E-state index in [9.17, 15) is 13.6 Å². The van der Waals surface area contributed by atoms with E-state index >= 15 is 0 Å². The molecule has 84 valence electrons. The Morgan fingerprint density at radius 2 is 2.31 bits per heavy atom. The van der Waals surface area contributed by atoms with Crippen LogP contribution in [0.1, 0.15) is 22.5 Å². The van der Waals surface area contributed by atoms with E-state index in [1.807, 2.05) is 0 Å². The van der Waals surface area contributed by atoms with E-state index < -0.39 is 18.1 Å². The molecule has 7 heteroatoms. The topological polar surface area (TPSA) is 56.5 Å². The molecule has 0 N–H and O–H groups in total. The summed E-state index contributed by atoms with van der Waals surface area (Å²) in [5, 5.41) is 3.80. The number of nitrogens with zero attached hydrogens (tertiary/aromatic N) is 3. The molecule has 0 atom stereocenters. The molecule has 0 aliphatic heterocycles. The number of esters is 1. The van der Waals surface area contributed by atoms with E-state index in [0.29, 0.717) is 0 Å². The summed E-state index contributed by atoms with van der Waals surface area (Å²) in [6.45, 7) is 0. The van der Waals surface area contributed by atoms with Gasteiger partial charge in [-0.25, -0.2) is 23.1 Å². The zero-order valence-electron chi connectivity index (χ0n) is 8.22. The molecule has 2 aromatic rings. The molecule has 16 heavy (non-hydrogen) atoms. The number of hydrogen-bond donors (Lipinski definition) is 0. The first-order valence-corrected chi connectivity index (χ1v) is 4.34. The summed E-state index contributed by atoms with van der Waals surface area (Å²) in [7, 11) is 1.20. The Hall–Kier alpha value is -2.05. The number of methoxy groups -OCH3 is 1. The Bertz CT molecular complexity index is 539. The first-order valence-electron chi connectivity index (χ1n) is 4.34. The van der Waals surface area contributed by atoms with Crippen LogP contribution in [0.25, 0.3) is 5.65 Å². The smallest absolute Gasteiger partial charge is 0.343 e. The SMILES string of the molecule is COC(=O)c1cnn2ccc(C(F)F)nc12. The third-order valence-electron chi connectivity index (χ3n) is 2.02. The van der Waals surface area contributed by atoms with E-state index in [4.69, 9.17) is 0 Å². The van der Waals surface area contributed by atoms with Crippen molar-refractivity contribution in [3.8, 4) is 0 Å². The molecular weight excluding hydrogens is 220 g/mol. The maximum atomic E-state index is 12.4. The Balaban J connectivity index is 2.60. The zero-order valence-corrected chi connectivity index (χ0v) is 8.22. The van der Waals surface area contributed by atoms with E-state index in [1.54, 1.807) is 0 Å². The van der Waals surface area contributed by atoms with Gasteiger partial charge < -0.3 is 4.74 Å². The molecule has 0 fully saturated rings. The van der Waals surface area contributed by atoms with E-state index in [0.717, 1.165) is 6.07 Å². The molecule has 0 spiro atoms. The fourth-order valence-corrected chi connectivity index (χ4v) is 1.26. The van der Waals surface area contributed by atoms with Crippen LogP contribution in [0.3, 0.4) is 0 Å². The predicted molar refractivity (Wildman–Crippen MR) is 49.3 cm³/mol. The fourth-order valence-electron chi connectivity index (χ4n) is 1.26. The molecule has 0 bridgehead atoms. The van der Waals surface area contributed by atoms with Crippen molar-refractivity contribution >= 4 is 11.6 Å². The first kappa shape index (κ1) is 10.5. The highest BCUT2D eigenvalue weighted by atomic mass is 19.3. The Morgan fingerprint density at radius 3 is 2.94 bits per heavy atom. The van der Waals surface area contributed by atoms with E-state index in [-0.39, 0.29) is 11.2 Å². The summed E-state index contributed by atoms with van der Waals surface area (Å²) in [5.41, 5.74) is -0.284. The van der Waals surface area contributed by atoms with Crippen LogP contribution in [0.5, 0.6) is 0 Å². The highest BCUT2D eigenvalue weighted by molar-refractivity contribution is 5.95. The third kappa shape index (κ3) is 1.60. The summed E-state index contributed by atoms with van der Waals surface area (Å²) in [6, 6.07) is 1.14. The van der Waals surface area contributed by atoms with E-state index in [1.165, 1.54) is 24.0 Å². The van der Waals surface area contributed by atoms with Crippen LogP contribution in [-0.2, 0) is 4.74 Å². The fraction of sp³-hybridized carbons (Fsp3) is 0.222. The van der Waals surface area contributed by atoms with Crippen LogP contribution in [0, 0.1) is 0 Å². The number of alkyl halides is 2. The van der Waals surface area contributed by atoms with Crippen molar-refractivity contribution in [1.29, 1.82) is 0 Å². The van der Waals surface area contributed by atoms with Crippen LogP contribution >= 0.6 is 0 Å². The zero-order chi connectivity index (χ0) is 11.7. The molecule has 0 unspecified atom stereocenters. The van der Waals surface area contributed by atoms with Gasteiger partial charge in [-0.1, -0.05) is 0 Å². The van der Waals surface area contributed by atoms with Crippen LogP contribution in [0.4, 0.5) is 8.78 Å². The van der Waals surface area contributed by atoms with Gasteiger partial charge in [-0.3, -0.25) is 0 Å². The Morgan fingerprint density at radius 1 is 1.56 bits per heavy atom. The molecule has 0 radical (unpaired) electrons. The molecule has 0 aliphatic rings. The van der Waals surface area contributed by atoms with Gasteiger partial charge in [0.1, 0.15) is 11.3 Å². The molecule has 0 aliphatic carbocycles. The average molecular weight is 227 g/mol. The van der Waals surface area contributed by atoms with Gasteiger partial charge in [0.15, 0.2) is 5.65 Å². The number of hydrogen-bond acceptors (Lipinski definition) is 4. The van der Waals surface area contributed by atoms with Crippen LogP contribution in [0.2, 0.25) is 0 Å². The number of fused-ring (bicyclic) bond motifs is 1. The van der Waals surface area contributed by atoms with Crippen molar-refractivity contribution in [3.05, 3.63) is 29.7 Å². The van der Waals surface area contributed by atoms with Crippen molar-refractivity contribution in [3.63, 3.8) is 0 Å². The number of carbonyl (C=O) groups excluding carboxylic acids is 1. The molecule has 2 rings (SSSR count). The van der Waals surface area contributed by atoms with Gasteiger partial charge in [0.05, 0.1) is 13.3 Å². The minimum absolute atomic E-state index is 0.0599. The molecule has 2 aromatic heterocycles. The number of carbonyl (C=O) groups is 1. The van der Waals surface area contributed by atoms with Crippen LogP contribution in [0.15, 0.2) is 18.5 Å². The van der Waals surface area contributed by atoms with Gasteiger partial charge in [-0.2, -0.15) is 5.10 Å². The highest BCUT2D eigenvalue weighted by Gasteiger charge is 2.17. The first-order chi connectivity index (χ1) is 7.63. The highest BCUT2D eigenvalue weighted by Crippen LogP contribution is 2.18. The number of aromatic nitrogens is 3. The lowest BCUT2D eigenvalue weighted by Gasteiger charge is -2.00. The van der Waals surface area contributed by atoms with Gasteiger partial charge in [-0.05, 0) is 6.07 Å². The number of ether oxygens (including phenoxy) is 1. The molecular formula is C9H7F2N3O2. The summed E-state index contributed by atoms with van der Waals surface area (Å²) in [6.07, 6.45) is -0.148.